The Labute approximate surface area is 332 Å². The molecule has 0 spiro atoms. The Bertz CT molecular complexity index is 826. The van der Waals surface area contributed by atoms with Crippen LogP contribution in [0.5, 0.6) is 5.75 Å². The third kappa shape index (κ3) is 39.0. The Morgan fingerprint density at radius 3 is 0.907 bits per heavy atom. The second kappa shape index (κ2) is 44.4. The first-order chi connectivity index (χ1) is 26.9. The zero-order valence-corrected chi connectivity index (χ0v) is 35.1. The topological polar surface area (TPSA) is 83.1 Å². The molecule has 0 saturated carbocycles. The van der Waals surface area contributed by atoms with Gasteiger partial charge >= 0.3 is 0 Å². The van der Waals surface area contributed by atoms with E-state index < -0.39 is 0 Å². The molecule has 0 aliphatic rings. The SMILES string of the molecule is CCCCCCCCCCCCCCCOCCOCCOCCOCCOCCOCCOCCOCCOc1ccc(CCCCCCCC)cc1. The van der Waals surface area contributed by atoms with E-state index >= 15 is 0 Å². The molecular formula is C45H84O9. The van der Waals surface area contributed by atoms with Gasteiger partial charge in [0.05, 0.1) is 99.1 Å². The maximum atomic E-state index is 5.79. The van der Waals surface area contributed by atoms with Crippen LogP contribution in [0.1, 0.15) is 141 Å². The molecule has 0 heterocycles. The van der Waals surface area contributed by atoms with Crippen LogP contribution in [0, 0.1) is 0 Å². The quantitative estimate of drug-likeness (QED) is 0.0602. The molecule has 1 rings (SSSR count). The van der Waals surface area contributed by atoms with Crippen molar-refractivity contribution < 1.29 is 42.6 Å². The lowest BCUT2D eigenvalue weighted by molar-refractivity contribution is -0.0236. The third-order valence-electron chi connectivity index (χ3n) is 9.24. The molecule has 0 aromatic heterocycles. The average Bonchev–Trinajstić information content (AvgIpc) is 3.19. The lowest BCUT2D eigenvalue weighted by atomic mass is 10.0. The van der Waals surface area contributed by atoms with E-state index in [-0.39, 0.29) is 0 Å². The molecule has 9 heteroatoms. The van der Waals surface area contributed by atoms with Gasteiger partial charge in [-0.15, -0.1) is 0 Å². The molecule has 0 aliphatic heterocycles. The van der Waals surface area contributed by atoms with Gasteiger partial charge < -0.3 is 42.6 Å². The zero-order valence-electron chi connectivity index (χ0n) is 35.1. The normalized spacial score (nSPS) is 11.5. The van der Waals surface area contributed by atoms with E-state index in [1.807, 2.05) is 0 Å². The molecule has 0 amide bonds. The predicted octanol–water partition coefficient (Wildman–Crippen LogP) is 10.2. The lowest BCUT2D eigenvalue weighted by Crippen LogP contribution is -2.15. The molecular weight excluding hydrogens is 684 g/mol. The second-order valence-corrected chi connectivity index (χ2v) is 14.2. The molecule has 0 bridgehead atoms. The number of hydrogen-bond donors (Lipinski definition) is 0. The monoisotopic (exact) mass is 769 g/mol. The number of hydrogen-bond acceptors (Lipinski definition) is 9. The van der Waals surface area contributed by atoms with Gasteiger partial charge in [-0.2, -0.15) is 0 Å². The van der Waals surface area contributed by atoms with E-state index in [0.717, 1.165) is 25.2 Å². The first-order valence-corrected chi connectivity index (χ1v) is 22.2. The fraction of sp³-hybridized carbons (Fsp3) is 0.867. The van der Waals surface area contributed by atoms with Gasteiger partial charge in [-0.25, -0.2) is 0 Å². The summed E-state index contributed by atoms with van der Waals surface area (Å²) in [5, 5.41) is 0. The van der Waals surface area contributed by atoms with Crippen molar-refractivity contribution in [1.29, 1.82) is 0 Å². The molecule has 0 saturated heterocycles. The van der Waals surface area contributed by atoms with Gasteiger partial charge in [-0.05, 0) is 37.0 Å². The molecule has 9 nitrogen and oxygen atoms in total. The van der Waals surface area contributed by atoms with Gasteiger partial charge in [0, 0.05) is 6.61 Å². The van der Waals surface area contributed by atoms with Crippen LogP contribution in [0.2, 0.25) is 0 Å². The maximum absolute atomic E-state index is 5.79. The molecule has 1 aromatic carbocycles. The minimum atomic E-state index is 0.532. The van der Waals surface area contributed by atoms with Crippen molar-refractivity contribution in [1.82, 2.24) is 0 Å². The van der Waals surface area contributed by atoms with E-state index in [4.69, 9.17) is 42.6 Å². The number of benzene rings is 1. The molecule has 318 valence electrons. The second-order valence-electron chi connectivity index (χ2n) is 14.2. The minimum absolute atomic E-state index is 0.532. The molecule has 0 N–H and O–H groups in total. The molecule has 0 fully saturated rings. The van der Waals surface area contributed by atoms with Gasteiger partial charge in [-0.1, -0.05) is 135 Å². The maximum Gasteiger partial charge on any atom is 0.119 e. The highest BCUT2D eigenvalue weighted by molar-refractivity contribution is 5.27. The van der Waals surface area contributed by atoms with Crippen LogP contribution in [0.4, 0.5) is 0 Å². The summed E-state index contributed by atoms with van der Waals surface area (Å²) in [6.45, 7) is 14.2. The van der Waals surface area contributed by atoms with Crippen molar-refractivity contribution in [2.75, 3.05) is 112 Å². The number of unbranched alkanes of at least 4 members (excludes halogenated alkanes) is 17. The average molecular weight is 769 g/mol. The summed E-state index contributed by atoms with van der Waals surface area (Å²) in [5.74, 6) is 0.893. The number of ether oxygens (including phenoxy) is 9. The van der Waals surface area contributed by atoms with Crippen molar-refractivity contribution in [2.24, 2.45) is 0 Å². The highest BCUT2D eigenvalue weighted by Gasteiger charge is 2.00. The van der Waals surface area contributed by atoms with Crippen molar-refractivity contribution in [2.45, 2.75) is 142 Å². The summed E-state index contributed by atoms with van der Waals surface area (Å²) in [6, 6.07) is 8.46. The van der Waals surface area contributed by atoms with Crippen LogP contribution in [0.3, 0.4) is 0 Å². The Morgan fingerprint density at radius 2 is 0.556 bits per heavy atom. The first-order valence-electron chi connectivity index (χ1n) is 22.2. The van der Waals surface area contributed by atoms with E-state index in [0.29, 0.717) is 106 Å². The van der Waals surface area contributed by atoms with Gasteiger partial charge in [0.1, 0.15) is 12.4 Å². The lowest BCUT2D eigenvalue weighted by Gasteiger charge is -2.09. The third-order valence-corrected chi connectivity index (χ3v) is 9.24. The summed E-state index contributed by atoms with van der Waals surface area (Å²) < 4.78 is 50.4. The molecule has 1 aromatic rings. The van der Waals surface area contributed by atoms with Gasteiger partial charge in [0.15, 0.2) is 0 Å². The van der Waals surface area contributed by atoms with Crippen LogP contribution in [-0.4, -0.2) is 112 Å². The first kappa shape index (κ1) is 50.7. The molecule has 54 heavy (non-hydrogen) atoms. The number of rotatable bonds is 46. The summed E-state index contributed by atoms with van der Waals surface area (Å²) >= 11 is 0. The van der Waals surface area contributed by atoms with E-state index in [1.54, 1.807) is 0 Å². The van der Waals surface area contributed by atoms with Crippen LogP contribution in [0.15, 0.2) is 24.3 Å². The van der Waals surface area contributed by atoms with Crippen LogP contribution in [0.25, 0.3) is 0 Å². The molecule has 0 unspecified atom stereocenters. The molecule has 0 radical (unpaired) electrons. The zero-order chi connectivity index (χ0) is 38.5. The largest absolute Gasteiger partial charge is 0.491 e. The Kier molecular flexibility index (Phi) is 41.7. The van der Waals surface area contributed by atoms with Crippen molar-refractivity contribution in [3.63, 3.8) is 0 Å². The Hall–Kier alpha value is -1.30. The fourth-order valence-corrected chi connectivity index (χ4v) is 5.94. The molecule has 0 atom stereocenters. The van der Waals surface area contributed by atoms with Crippen molar-refractivity contribution >= 4 is 0 Å². The van der Waals surface area contributed by atoms with Crippen molar-refractivity contribution in [3.8, 4) is 5.75 Å². The van der Waals surface area contributed by atoms with Gasteiger partial charge in [0.2, 0.25) is 0 Å². The molecule has 0 aliphatic carbocycles. The summed E-state index contributed by atoms with van der Waals surface area (Å²) in [6.07, 6.45) is 26.9. The van der Waals surface area contributed by atoms with Gasteiger partial charge in [0.25, 0.3) is 0 Å². The Morgan fingerprint density at radius 1 is 0.278 bits per heavy atom. The summed E-state index contributed by atoms with van der Waals surface area (Å²) in [4.78, 5) is 0. The van der Waals surface area contributed by atoms with E-state index in [2.05, 4.69) is 38.1 Å². The smallest absolute Gasteiger partial charge is 0.119 e. The summed E-state index contributed by atoms with van der Waals surface area (Å²) in [7, 11) is 0. The number of aryl methyl sites for hydroxylation is 1. The summed E-state index contributed by atoms with van der Waals surface area (Å²) in [5.41, 5.74) is 1.38. The van der Waals surface area contributed by atoms with Gasteiger partial charge in [-0.3, -0.25) is 0 Å². The van der Waals surface area contributed by atoms with Crippen molar-refractivity contribution in [3.05, 3.63) is 29.8 Å². The standard InChI is InChI=1S/C45H84O9/c1-3-5-7-9-11-12-13-14-15-16-17-19-21-27-46-28-29-47-30-31-48-32-33-49-34-35-50-36-37-51-38-39-52-40-41-53-42-43-54-45-25-23-44(24-26-45)22-20-18-10-8-6-4-2/h23-26H,3-22,27-43H2,1-2H3. The highest BCUT2D eigenvalue weighted by atomic mass is 16.6. The predicted molar refractivity (Wildman–Crippen MR) is 221 cm³/mol. The highest BCUT2D eigenvalue weighted by Crippen LogP contribution is 2.15. The minimum Gasteiger partial charge on any atom is -0.491 e. The van der Waals surface area contributed by atoms with Crippen LogP contribution >= 0.6 is 0 Å². The van der Waals surface area contributed by atoms with E-state index in [1.165, 1.54) is 121 Å². The fourth-order valence-electron chi connectivity index (χ4n) is 5.94. The Balaban J connectivity index is 1.66. The van der Waals surface area contributed by atoms with Crippen LogP contribution < -0.4 is 4.74 Å². The van der Waals surface area contributed by atoms with Crippen LogP contribution in [-0.2, 0) is 44.3 Å². The van der Waals surface area contributed by atoms with E-state index in [9.17, 15) is 0 Å².